The average molecular weight is 281 g/mol. The third-order valence-electron chi connectivity index (χ3n) is 2.76. The molecule has 0 spiro atoms. The molecule has 2 N–H and O–H groups in total. The molecule has 1 fully saturated rings. The van der Waals surface area contributed by atoms with Crippen molar-refractivity contribution in [2.45, 2.75) is 38.9 Å². The first kappa shape index (κ1) is 16.1. The minimum absolute atomic E-state index is 0.0717. The molecule has 0 bridgehead atoms. The molecular weight excluding hydrogens is 259 g/mol. The van der Waals surface area contributed by atoms with Crippen LogP contribution in [0, 0.1) is 5.92 Å². The minimum atomic E-state index is -4.25. The van der Waals surface area contributed by atoms with Gasteiger partial charge in [0.2, 0.25) is 0 Å². The van der Waals surface area contributed by atoms with E-state index in [0.29, 0.717) is 24.9 Å². The van der Waals surface area contributed by atoms with E-state index in [0.717, 1.165) is 18.9 Å². The number of nitrogens with zero attached hydrogens (tertiary/aromatic N) is 1. The van der Waals surface area contributed by atoms with E-state index in [2.05, 4.69) is 27.3 Å². The molecule has 1 aliphatic carbocycles. The zero-order chi connectivity index (χ0) is 14.3. The van der Waals surface area contributed by atoms with Crippen molar-refractivity contribution >= 4 is 5.96 Å². The lowest BCUT2D eigenvalue weighted by Crippen LogP contribution is -2.39. The Hall–Kier alpha value is -0.980. The molecule has 0 saturated heterocycles. The highest BCUT2D eigenvalue weighted by molar-refractivity contribution is 5.80. The summed E-state index contributed by atoms with van der Waals surface area (Å²) >= 11 is 0. The predicted molar refractivity (Wildman–Crippen MR) is 68.2 cm³/mol. The second-order valence-electron chi connectivity index (χ2n) is 4.75. The van der Waals surface area contributed by atoms with E-state index >= 15 is 0 Å². The van der Waals surface area contributed by atoms with Gasteiger partial charge in [-0.1, -0.05) is 6.92 Å². The zero-order valence-electron chi connectivity index (χ0n) is 11.4. The first-order chi connectivity index (χ1) is 8.92. The van der Waals surface area contributed by atoms with Crippen LogP contribution in [0.5, 0.6) is 0 Å². The second kappa shape index (κ2) is 7.57. The first-order valence-electron chi connectivity index (χ1n) is 6.61. The predicted octanol–water partition coefficient (Wildman–Crippen LogP) is 1.92. The van der Waals surface area contributed by atoms with Gasteiger partial charge in [0.15, 0.2) is 5.96 Å². The van der Waals surface area contributed by atoms with Crippen molar-refractivity contribution in [3.8, 4) is 0 Å². The number of hydrogen-bond acceptors (Lipinski definition) is 2. The van der Waals surface area contributed by atoms with Crippen molar-refractivity contribution in [1.29, 1.82) is 0 Å². The highest BCUT2D eigenvalue weighted by Gasteiger charge is 2.33. The Kier molecular flexibility index (Phi) is 6.41. The van der Waals surface area contributed by atoms with E-state index in [-0.39, 0.29) is 6.61 Å². The molecule has 1 rings (SSSR count). The Bertz CT molecular complexity index is 294. The number of nitrogens with one attached hydrogen (secondary N) is 2. The highest BCUT2D eigenvalue weighted by atomic mass is 19.4. The van der Waals surface area contributed by atoms with E-state index in [1.807, 2.05) is 6.92 Å². The van der Waals surface area contributed by atoms with E-state index in [1.54, 1.807) is 0 Å². The Morgan fingerprint density at radius 2 is 2.11 bits per heavy atom. The van der Waals surface area contributed by atoms with Crippen LogP contribution in [0.2, 0.25) is 0 Å². The number of guanidine groups is 1. The van der Waals surface area contributed by atoms with E-state index in [1.165, 1.54) is 0 Å². The van der Waals surface area contributed by atoms with Crippen LogP contribution < -0.4 is 10.6 Å². The van der Waals surface area contributed by atoms with Crippen LogP contribution >= 0.6 is 0 Å². The van der Waals surface area contributed by atoms with Gasteiger partial charge < -0.3 is 15.4 Å². The summed E-state index contributed by atoms with van der Waals surface area (Å²) in [6, 6.07) is 0.472. The van der Waals surface area contributed by atoms with Crippen molar-refractivity contribution in [2.24, 2.45) is 10.9 Å². The Morgan fingerprint density at radius 3 is 2.63 bits per heavy atom. The summed E-state index contributed by atoms with van der Waals surface area (Å²) in [5.74, 6) is 1.40. The zero-order valence-corrected chi connectivity index (χ0v) is 11.4. The van der Waals surface area contributed by atoms with Gasteiger partial charge in [-0.3, -0.25) is 4.99 Å². The fourth-order valence-corrected chi connectivity index (χ4v) is 1.56. The number of aliphatic imine (C=N–C) groups is 1. The maximum absolute atomic E-state index is 11.8. The summed E-state index contributed by atoms with van der Waals surface area (Å²) < 4.78 is 39.9. The van der Waals surface area contributed by atoms with Gasteiger partial charge in [-0.25, -0.2) is 0 Å². The normalized spacial score (nSPS) is 23.3. The summed E-state index contributed by atoms with van der Waals surface area (Å²) in [7, 11) is 0. The van der Waals surface area contributed by atoms with Gasteiger partial charge in [0.25, 0.3) is 0 Å². The molecule has 7 heteroatoms. The molecule has 0 radical (unpaired) electrons. The average Bonchev–Trinajstić information content (AvgIpc) is 2.98. The Balaban J connectivity index is 2.13. The van der Waals surface area contributed by atoms with Crippen molar-refractivity contribution < 1.29 is 17.9 Å². The standard InChI is InChI=1S/C12H22F3N3O/c1-3-16-11(18-10-7-9(10)2)17-5-4-6-19-8-12(13,14)15/h9-10H,3-8H2,1-2H3,(H2,16,17,18). The van der Waals surface area contributed by atoms with Gasteiger partial charge >= 0.3 is 6.18 Å². The molecule has 1 saturated carbocycles. The van der Waals surface area contributed by atoms with Crippen LogP contribution in [0.1, 0.15) is 26.7 Å². The molecule has 4 nitrogen and oxygen atoms in total. The number of hydrogen-bond donors (Lipinski definition) is 2. The van der Waals surface area contributed by atoms with Gasteiger partial charge in [0.1, 0.15) is 6.61 Å². The molecule has 0 aliphatic heterocycles. The summed E-state index contributed by atoms with van der Waals surface area (Å²) in [6.07, 6.45) is -2.63. The fourth-order valence-electron chi connectivity index (χ4n) is 1.56. The molecule has 0 heterocycles. The summed E-state index contributed by atoms with van der Waals surface area (Å²) in [5, 5.41) is 6.38. The van der Waals surface area contributed by atoms with Crippen LogP contribution in [-0.4, -0.2) is 44.5 Å². The van der Waals surface area contributed by atoms with E-state index in [4.69, 9.17) is 0 Å². The minimum Gasteiger partial charge on any atom is -0.372 e. The van der Waals surface area contributed by atoms with E-state index in [9.17, 15) is 13.2 Å². The van der Waals surface area contributed by atoms with Crippen LogP contribution in [0.25, 0.3) is 0 Å². The molecule has 0 aromatic heterocycles. The van der Waals surface area contributed by atoms with Gasteiger partial charge in [0, 0.05) is 25.7 Å². The number of alkyl halides is 3. The van der Waals surface area contributed by atoms with Crippen molar-refractivity contribution in [3.05, 3.63) is 0 Å². The molecule has 2 atom stereocenters. The quantitative estimate of drug-likeness (QED) is 0.426. The molecule has 0 aromatic carbocycles. The van der Waals surface area contributed by atoms with Gasteiger partial charge in [-0.05, 0) is 25.7 Å². The van der Waals surface area contributed by atoms with Crippen LogP contribution in [0.4, 0.5) is 13.2 Å². The van der Waals surface area contributed by atoms with Crippen LogP contribution in [0.15, 0.2) is 4.99 Å². The Labute approximate surface area is 111 Å². The SMILES string of the molecule is CCNC(=NCCCOCC(F)(F)F)NC1CC1C. The topological polar surface area (TPSA) is 45.7 Å². The monoisotopic (exact) mass is 281 g/mol. The maximum Gasteiger partial charge on any atom is 0.411 e. The van der Waals surface area contributed by atoms with Crippen LogP contribution in [-0.2, 0) is 4.74 Å². The summed E-state index contributed by atoms with van der Waals surface area (Å²) in [5.41, 5.74) is 0. The molecule has 0 aromatic rings. The fraction of sp³-hybridized carbons (Fsp3) is 0.917. The second-order valence-corrected chi connectivity index (χ2v) is 4.75. The lowest BCUT2D eigenvalue weighted by molar-refractivity contribution is -0.173. The lowest BCUT2D eigenvalue weighted by atomic mass is 10.4. The highest BCUT2D eigenvalue weighted by Crippen LogP contribution is 2.28. The largest absolute Gasteiger partial charge is 0.411 e. The molecule has 1 aliphatic rings. The van der Waals surface area contributed by atoms with E-state index < -0.39 is 12.8 Å². The first-order valence-corrected chi connectivity index (χ1v) is 6.61. The molecule has 2 unspecified atom stereocenters. The molecule has 0 amide bonds. The van der Waals surface area contributed by atoms with Crippen molar-refractivity contribution in [2.75, 3.05) is 26.3 Å². The van der Waals surface area contributed by atoms with Crippen molar-refractivity contribution in [3.63, 3.8) is 0 Å². The van der Waals surface area contributed by atoms with Crippen LogP contribution in [0.3, 0.4) is 0 Å². The molecule has 112 valence electrons. The summed E-state index contributed by atoms with van der Waals surface area (Å²) in [4.78, 5) is 4.30. The van der Waals surface area contributed by atoms with Gasteiger partial charge in [-0.15, -0.1) is 0 Å². The number of halogens is 3. The third-order valence-corrected chi connectivity index (χ3v) is 2.76. The third kappa shape index (κ3) is 7.92. The van der Waals surface area contributed by atoms with Crippen molar-refractivity contribution in [1.82, 2.24) is 10.6 Å². The molecular formula is C12H22F3N3O. The number of ether oxygens (including phenoxy) is 1. The molecule has 19 heavy (non-hydrogen) atoms. The summed E-state index contributed by atoms with van der Waals surface area (Å²) in [6.45, 7) is 4.23. The Morgan fingerprint density at radius 1 is 1.42 bits per heavy atom. The lowest BCUT2D eigenvalue weighted by Gasteiger charge is -2.11. The number of rotatable bonds is 7. The van der Waals surface area contributed by atoms with Gasteiger partial charge in [0.05, 0.1) is 0 Å². The van der Waals surface area contributed by atoms with Gasteiger partial charge in [-0.2, -0.15) is 13.2 Å². The smallest absolute Gasteiger partial charge is 0.372 e. The maximum atomic E-state index is 11.8.